The summed E-state index contributed by atoms with van der Waals surface area (Å²) in [5, 5.41) is 11.1. The second kappa shape index (κ2) is 5.94. The van der Waals surface area contributed by atoms with Crippen LogP contribution in [0, 0.1) is 23.7 Å². The maximum absolute atomic E-state index is 12.2. The fourth-order valence-corrected chi connectivity index (χ4v) is 4.45. The van der Waals surface area contributed by atoms with Gasteiger partial charge in [0, 0.05) is 18.8 Å². The van der Waals surface area contributed by atoms with Crippen molar-refractivity contribution < 1.29 is 29.0 Å². The molecule has 0 aromatic rings. The number of fused-ring (bicyclic) bond motifs is 3. The fourth-order valence-electron chi connectivity index (χ4n) is 4.45. The third-order valence-corrected chi connectivity index (χ3v) is 6.00. The molecule has 6 atom stereocenters. The van der Waals surface area contributed by atoms with Crippen molar-refractivity contribution in [2.45, 2.75) is 65.3 Å². The van der Waals surface area contributed by atoms with Crippen LogP contribution in [0.5, 0.6) is 0 Å². The largest absolute Gasteiger partial charge is 0.462 e. The molecule has 0 bridgehead atoms. The van der Waals surface area contributed by atoms with Crippen LogP contribution in [0.25, 0.3) is 0 Å². The van der Waals surface area contributed by atoms with Gasteiger partial charge < -0.3 is 14.6 Å². The number of carbonyl (C=O) groups is 3. The maximum Gasteiger partial charge on any atom is 0.309 e. The Bertz CT molecular complexity index is 659. The van der Waals surface area contributed by atoms with Crippen LogP contribution < -0.4 is 0 Å². The van der Waals surface area contributed by atoms with Crippen molar-refractivity contribution in [2.75, 3.05) is 0 Å². The molecule has 3 aliphatic rings. The van der Waals surface area contributed by atoms with E-state index < -0.39 is 29.6 Å². The van der Waals surface area contributed by atoms with Gasteiger partial charge in [0.05, 0.1) is 23.4 Å². The lowest BCUT2D eigenvalue weighted by molar-refractivity contribution is -0.160. The van der Waals surface area contributed by atoms with E-state index >= 15 is 0 Å². The van der Waals surface area contributed by atoms with Crippen LogP contribution in [0.2, 0.25) is 0 Å². The highest BCUT2D eigenvalue weighted by molar-refractivity contribution is 5.99. The number of ether oxygens (including phenoxy) is 2. The Balaban J connectivity index is 2.07. The lowest BCUT2D eigenvalue weighted by Gasteiger charge is -2.32. The first-order chi connectivity index (χ1) is 11.5. The van der Waals surface area contributed by atoms with E-state index in [1.54, 1.807) is 34.6 Å². The normalized spacial score (nSPS) is 40.7. The van der Waals surface area contributed by atoms with E-state index in [1.807, 2.05) is 0 Å². The van der Waals surface area contributed by atoms with Crippen molar-refractivity contribution in [1.29, 1.82) is 0 Å². The molecule has 1 heterocycles. The molecule has 2 fully saturated rings. The molecular formula is C19H26O6. The summed E-state index contributed by atoms with van der Waals surface area (Å²) >= 11 is 0. The molecule has 1 N–H and O–H groups in total. The highest BCUT2D eigenvalue weighted by Gasteiger charge is 2.59. The minimum absolute atomic E-state index is 0.0211. The first-order valence-corrected chi connectivity index (χ1v) is 8.91. The number of carbonyl (C=O) groups excluding carboxylic acids is 3. The molecule has 0 spiro atoms. The highest BCUT2D eigenvalue weighted by Crippen LogP contribution is 2.51. The van der Waals surface area contributed by atoms with Gasteiger partial charge in [-0.3, -0.25) is 14.4 Å². The van der Waals surface area contributed by atoms with Crippen molar-refractivity contribution in [3.63, 3.8) is 0 Å². The molecule has 1 saturated carbocycles. The number of allylic oxidation sites excluding steroid dienone is 1. The molecule has 6 nitrogen and oxygen atoms in total. The summed E-state index contributed by atoms with van der Waals surface area (Å²) in [6.07, 6.45) is -0.855. The molecule has 0 radical (unpaired) electrons. The van der Waals surface area contributed by atoms with Crippen molar-refractivity contribution in [2.24, 2.45) is 23.7 Å². The molecule has 1 aliphatic heterocycles. The zero-order valence-corrected chi connectivity index (χ0v) is 15.4. The molecule has 1 unspecified atom stereocenters. The third kappa shape index (κ3) is 2.80. The van der Waals surface area contributed by atoms with E-state index in [1.165, 1.54) is 0 Å². The second-order valence-electron chi connectivity index (χ2n) is 8.18. The Labute approximate surface area is 147 Å². The molecule has 0 aromatic carbocycles. The van der Waals surface area contributed by atoms with Crippen molar-refractivity contribution in [3.8, 4) is 0 Å². The number of Topliss-reactive ketones (excluding diaryl/α,β-unsaturated/α-hetero) is 1. The first kappa shape index (κ1) is 18.1. The topological polar surface area (TPSA) is 89.9 Å². The van der Waals surface area contributed by atoms with Crippen molar-refractivity contribution in [1.82, 2.24) is 0 Å². The molecule has 1 saturated heterocycles. The number of hydrogen-bond acceptors (Lipinski definition) is 6. The molecule has 25 heavy (non-hydrogen) atoms. The van der Waals surface area contributed by atoms with Crippen LogP contribution in [0.3, 0.4) is 0 Å². The van der Waals surface area contributed by atoms with Gasteiger partial charge in [-0.1, -0.05) is 20.8 Å². The quantitative estimate of drug-likeness (QED) is 0.764. The number of rotatable bonds is 2. The Kier molecular flexibility index (Phi) is 4.30. The summed E-state index contributed by atoms with van der Waals surface area (Å²) in [5.74, 6) is -2.29. The molecule has 0 amide bonds. The second-order valence-corrected chi connectivity index (χ2v) is 8.18. The van der Waals surface area contributed by atoms with Gasteiger partial charge in [0.1, 0.15) is 12.2 Å². The monoisotopic (exact) mass is 350 g/mol. The summed E-state index contributed by atoms with van der Waals surface area (Å²) in [4.78, 5) is 36.6. The van der Waals surface area contributed by atoms with Gasteiger partial charge in [-0.05, 0) is 25.0 Å². The first-order valence-electron chi connectivity index (χ1n) is 8.91. The highest BCUT2D eigenvalue weighted by atomic mass is 16.6. The average Bonchev–Trinajstić information content (AvgIpc) is 2.93. The average molecular weight is 350 g/mol. The summed E-state index contributed by atoms with van der Waals surface area (Å²) in [5.41, 5.74) is 0.0695. The molecule has 2 aliphatic carbocycles. The van der Waals surface area contributed by atoms with Crippen LogP contribution in [0.15, 0.2) is 11.1 Å². The van der Waals surface area contributed by atoms with Gasteiger partial charge in [0.15, 0.2) is 5.78 Å². The van der Waals surface area contributed by atoms with Crippen molar-refractivity contribution >= 4 is 17.7 Å². The zero-order valence-electron chi connectivity index (χ0n) is 15.4. The van der Waals surface area contributed by atoms with Gasteiger partial charge in [0.25, 0.3) is 0 Å². The van der Waals surface area contributed by atoms with Crippen LogP contribution in [0.4, 0.5) is 0 Å². The van der Waals surface area contributed by atoms with Gasteiger partial charge in [-0.25, -0.2) is 0 Å². The molecule has 0 aromatic heterocycles. The number of esters is 2. The standard InChI is InChI=1S/C19H26O6/c1-8(2)17(21)24-13-7-19(5,23)11-6-12(20)9(3)14(11)16-15(13)10(4)18(22)25-16/h8,10-11,13,15-16,23H,6-7H2,1-5H3/t10-,11?,13+,15+,16+,19+/m0/s1. The zero-order chi connectivity index (χ0) is 18.7. The summed E-state index contributed by atoms with van der Waals surface area (Å²) < 4.78 is 11.3. The Hall–Kier alpha value is -1.69. The third-order valence-electron chi connectivity index (χ3n) is 6.00. The Morgan fingerprint density at radius 1 is 1.36 bits per heavy atom. The fraction of sp³-hybridized carbons (Fsp3) is 0.737. The predicted molar refractivity (Wildman–Crippen MR) is 88.3 cm³/mol. The molecule has 3 rings (SSSR count). The SMILES string of the molecule is CC1=C2C(CC1=O)[C@](C)(O)C[C@@H](OC(=O)C(C)C)[C@H]1[C@H](C)C(=O)O[C@H]21. The Morgan fingerprint density at radius 3 is 2.60 bits per heavy atom. The van der Waals surface area contributed by atoms with Gasteiger partial charge in [-0.15, -0.1) is 0 Å². The van der Waals surface area contributed by atoms with E-state index in [4.69, 9.17) is 9.47 Å². The van der Waals surface area contributed by atoms with E-state index in [0.29, 0.717) is 11.1 Å². The van der Waals surface area contributed by atoms with Gasteiger partial charge >= 0.3 is 11.9 Å². The van der Waals surface area contributed by atoms with Crippen LogP contribution >= 0.6 is 0 Å². The summed E-state index contributed by atoms with van der Waals surface area (Å²) in [6.45, 7) is 8.64. The van der Waals surface area contributed by atoms with Crippen molar-refractivity contribution in [3.05, 3.63) is 11.1 Å². The van der Waals surface area contributed by atoms with E-state index in [-0.39, 0.29) is 42.4 Å². The number of ketones is 1. The van der Waals surface area contributed by atoms with Gasteiger partial charge in [-0.2, -0.15) is 0 Å². The molecular weight excluding hydrogens is 324 g/mol. The lowest BCUT2D eigenvalue weighted by atomic mass is 9.81. The smallest absolute Gasteiger partial charge is 0.309 e. The van der Waals surface area contributed by atoms with E-state index in [9.17, 15) is 19.5 Å². The van der Waals surface area contributed by atoms with Crippen LogP contribution in [0.1, 0.15) is 47.5 Å². The minimum atomic E-state index is -1.21. The van der Waals surface area contributed by atoms with E-state index in [2.05, 4.69) is 0 Å². The molecule has 6 heteroatoms. The number of hydrogen-bond donors (Lipinski definition) is 1. The predicted octanol–water partition coefficient (Wildman–Crippen LogP) is 1.79. The van der Waals surface area contributed by atoms with Crippen LogP contribution in [-0.2, 0) is 23.9 Å². The van der Waals surface area contributed by atoms with Gasteiger partial charge in [0.2, 0.25) is 0 Å². The van der Waals surface area contributed by atoms with Crippen LogP contribution in [-0.4, -0.2) is 40.6 Å². The summed E-state index contributed by atoms with van der Waals surface area (Å²) in [6, 6.07) is 0. The summed E-state index contributed by atoms with van der Waals surface area (Å²) in [7, 11) is 0. The van der Waals surface area contributed by atoms with E-state index in [0.717, 1.165) is 0 Å². The maximum atomic E-state index is 12.2. The minimum Gasteiger partial charge on any atom is -0.462 e. The molecule has 138 valence electrons. The number of aliphatic hydroxyl groups is 1. The lowest BCUT2D eigenvalue weighted by Crippen LogP contribution is -2.41. The Morgan fingerprint density at radius 2 is 2.00 bits per heavy atom.